The molecule has 1 unspecified atom stereocenters. The van der Waals surface area contributed by atoms with Crippen molar-refractivity contribution in [3.63, 3.8) is 0 Å². The Kier molecular flexibility index (Phi) is 7.76. The Morgan fingerprint density at radius 1 is 1.13 bits per heavy atom. The van der Waals surface area contributed by atoms with Gasteiger partial charge in [-0.2, -0.15) is 10.1 Å². The van der Waals surface area contributed by atoms with E-state index in [1.807, 2.05) is 50.6 Å². The minimum Gasteiger partial charge on any atom is -0.473 e. The average molecular weight is 608 g/mol. The first-order chi connectivity index (χ1) is 21.9. The van der Waals surface area contributed by atoms with E-state index in [0.29, 0.717) is 36.2 Å². The van der Waals surface area contributed by atoms with Crippen LogP contribution in [0.5, 0.6) is 5.88 Å². The van der Waals surface area contributed by atoms with Gasteiger partial charge in [-0.25, -0.2) is 15.0 Å². The van der Waals surface area contributed by atoms with Gasteiger partial charge in [0.15, 0.2) is 5.82 Å². The summed E-state index contributed by atoms with van der Waals surface area (Å²) in [5.74, 6) is 2.25. The molecule has 232 valence electrons. The lowest BCUT2D eigenvalue weighted by Crippen LogP contribution is -2.33. The largest absolute Gasteiger partial charge is 0.473 e. The molecule has 5 aromatic rings. The Bertz CT molecular complexity index is 1820. The molecule has 4 aromatic heterocycles. The molecule has 2 aliphatic rings. The van der Waals surface area contributed by atoms with Gasteiger partial charge >= 0.3 is 0 Å². The number of amides is 1. The number of aryl methyl sites for hydroxylation is 3. The van der Waals surface area contributed by atoms with Gasteiger partial charge in [-0.15, -0.1) is 0 Å². The maximum atomic E-state index is 13.2. The summed E-state index contributed by atoms with van der Waals surface area (Å²) >= 11 is 0. The summed E-state index contributed by atoms with van der Waals surface area (Å²) in [6, 6.07) is 10.1. The number of nitrogens with zero attached hydrogens (tertiary/aromatic N) is 7. The van der Waals surface area contributed by atoms with Crippen LogP contribution in [0.1, 0.15) is 37.4 Å². The molecule has 1 aliphatic carbocycles. The molecule has 1 aromatic carbocycles. The summed E-state index contributed by atoms with van der Waals surface area (Å²) in [4.78, 5) is 36.8. The number of likely N-dealkylation sites (tertiary alicyclic amines) is 1. The number of aromatic amines is 1. The highest BCUT2D eigenvalue weighted by Crippen LogP contribution is 2.34. The standard InChI is InChI=1S/C32H37N11O2/c1-4-20-15-35-32(38-26-14-19(2)42(3)41-26)40-29(20)24-16-34-30-23(24)6-5-7-25(30)37-27(44)18-43-13-11-22(17-43)45-28-10-12-33-31(39-28)36-21-8-9-21/h5-7,10,12,14-16,21-22,34H,4,8-9,11,13,17-18H2,1-3H3,(H,37,44)(H,33,36,39)(H,35,38,40,41). The molecule has 13 heteroatoms. The number of aromatic nitrogens is 7. The van der Waals surface area contributed by atoms with Gasteiger partial charge in [0, 0.05) is 73.5 Å². The fraction of sp³-hybridized carbons (Fsp3) is 0.375. The van der Waals surface area contributed by atoms with E-state index in [2.05, 4.69) is 52.8 Å². The zero-order valence-electron chi connectivity index (χ0n) is 25.7. The summed E-state index contributed by atoms with van der Waals surface area (Å²) in [7, 11) is 1.90. The molecular formula is C32H37N11O2. The van der Waals surface area contributed by atoms with Crippen LogP contribution in [-0.2, 0) is 18.3 Å². The summed E-state index contributed by atoms with van der Waals surface area (Å²) in [5, 5.41) is 15.1. The van der Waals surface area contributed by atoms with Crippen LogP contribution in [0.2, 0.25) is 0 Å². The van der Waals surface area contributed by atoms with Gasteiger partial charge in [0.25, 0.3) is 0 Å². The molecule has 5 heterocycles. The summed E-state index contributed by atoms with van der Waals surface area (Å²) in [5.41, 5.74) is 5.40. The minimum absolute atomic E-state index is 0.0300. The van der Waals surface area contributed by atoms with Gasteiger partial charge in [0.2, 0.25) is 23.7 Å². The molecule has 0 spiro atoms. The molecule has 4 N–H and O–H groups in total. The average Bonchev–Trinajstić information content (AvgIpc) is 3.40. The molecule has 2 fully saturated rings. The second kappa shape index (κ2) is 12.2. The Labute approximate surface area is 260 Å². The zero-order chi connectivity index (χ0) is 30.9. The van der Waals surface area contributed by atoms with E-state index in [1.165, 1.54) is 0 Å². The van der Waals surface area contributed by atoms with Crippen molar-refractivity contribution in [1.29, 1.82) is 0 Å². The SMILES string of the molecule is CCc1cnc(Nc2cc(C)n(C)n2)nc1-c1c[nH]c2c(NC(=O)CN3CCC(Oc4ccnc(NC5CC5)n4)C3)cccc12. The van der Waals surface area contributed by atoms with E-state index in [1.54, 1.807) is 16.9 Å². The molecule has 0 radical (unpaired) electrons. The number of rotatable bonds is 11. The Morgan fingerprint density at radius 2 is 2.02 bits per heavy atom. The molecule has 1 aliphatic heterocycles. The number of para-hydroxylation sites is 1. The maximum Gasteiger partial charge on any atom is 0.238 e. The maximum absolute atomic E-state index is 13.2. The first kappa shape index (κ1) is 28.7. The number of hydrogen-bond donors (Lipinski definition) is 4. The Balaban J connectivity index is 1.02. The van der Waals surface area contributed by atoms with Crippen molar-refractivity contribution in [3.05, 3.63) is 60.2 Å². The van der Waals surface area contributed by atoms with Crippen LogP contribution in [-0.4, -0.2) is 77.3 Å². The number of fused-ring (bicyclic) bond motifs is 1. The Hall–Kier alpha value is -5.04. The number of carbonyl (C=O) groups is 1. The van der Waals surface area contributed by atoms with Crippen LogP contribution in [0.15, 0.2) is 48.9 Å². The number of hydrogen-bond acceptors (Lipinski definition) is 10. The van der Waals surface area contributed by atoms with Crippen LogP contribution in [0.3, 0.4) is 0 Å². The van der Waals surface area contributed by atoms with Crippen LogP contribution < -0.4 is 20.7 Å². The number of H-pyrrole nitrogens is 1. The molecule has 1 saturated carbocycles. The van der Waals surface area contributed by atoms with Crippen molar-refractivity contribution < 1.29 is 9.53 Å². The predicted molar refractivity (Wildman–Crippen MR) is 173 cm³/mol. The van der Waals surface area contributed by atoms with Crippen LogP contribution in [0.25, 0.3) is 22.2 Å². The quantitative estimate of drug-likeness (QED) is 0.170. The number of benzene rings is 1. The van der Waals surface area contributed by atoms with Crippen molar-refractivity contribution in [3.8, 4) is 17.1 Å². The molecule has 1 saturated heterocycles. The van der Waals surface area contributed by atoms with E-state index in [9.17, 15) is 4.79 Å². The van der Waals surface area contributed by atoms with Crippen LogP contribution in [0, 0.1) is 6.92 Å². The van der Waals surface area contributed by atoms with Gasteiger partial charge in [0.05, 0.1) is 23.4 Å². The zero-order valence-corrected chi connectivity index (χ0v) is 25.7. The lowest BCUT2D eigenvalue weighted by Gasteiger charge is -2.17. The van der Waals surface area contributed by atoms with Crippen molar-refractivity contribution >= 4 is 40.2 Å². The molecule has 13 nitrogen and oxygen atoms in total. The van der Waals surface area contributed by atoms with Crippen molar-refractivity contribution in [2.75, 3.05) is 35.6 Å². The Morgan fingerprint density at radius 3 is 2.82 bits per heavy atom. The third-order valence-corrected chi connectivity index (χ3v) is 8.27. The summed E-state index contributed by atoms with van der Waals surface area (Å²) in [6.07, 6.45) is 9.39. The van der Waals surface area contributed by atoms with Gasteiger partial charge in [-0.3, -0.25) is 14.4 Å². The number of nitrogens with one attached hydrogen (secondary N) is 4. The second-order valence-electron chi connectivity index (χ2n) is 11.7. The van der Waals surface area contributed by atoms with Crippen molar-refractivity contribution in [2.45, 2.75) is 51.7 Å². The number of anilines is 4. The highest BCUT2D eigenvalue weighted by Gasteiger charge is 2.27. The fourth-order valence-corrected chi connectivity index (χ4v) is 5.64. The van der Waals surface area contributed by atoms with Crippen molar-refractivity contribution in [2.24, 2.45) is 7.05 Å². The van der Waals surface area contributed by atoms with Gasteiger partial charge in [-0.1, -0.05) is 19.1 Å². The highest BCUT2D eigenvalue weighted by molar-refractivity contribution is 6.06. The molecule has 0 bridgehead atoms. The first-order valence-electron chi connectivity index (χ1n) is 15.4. The third-order valence-electron chi connectivity index (χ3n) is 8.27. The smallest absolute Gasteiger partial charge is 0.238 e. The monoisotopic (exact) mass is 607 g/mol. The van der Waals surface area contributed by atoms with Gasteiger partial charge in [-0.05, 0) is 44.2 Å². The summed E-state index contributed by atoms with van der Waals surface area (Å²) in [6.45, 7) is 5.78. The third kappa shape index (κ3) is 6.43. The number of carbonyl (C=O) groups excluding carboxylic acids is 1. The first-order valence-corrected chi connectivity index (χ1v) is 15.4. The van der Waals surface area contributed by atoms with Crippen LogP contribution in [0.4, 0.5) is 23.4 Å². The molecule has 1 amide bonds. The normalized spacial score (nSPS) is 16.6. The van der Waals surface area contributed by atoms with Crippen LogP contribution >= 0.6 is 0 Å². The summed E-state index contributed by atoms with van der Waals surface area (Å²) < 4.78 is 7.93. The topological polar surface area (TPSA) is 151 Å². The predicted octanol–water partition coefficient (Wildman–Crippen LogP) is 4.43. The van der Waals surface area contributed by atoms with Gasteiger partial charge in [0.1, 0.15) is 6.10 Å². The van der Waals surface area contributed by atoms with E-state index in [0.717, 1.165) is 71.3 Å². The van der Waals surface area contributed by atoms with E-state index < -0.39 is 0 Å². The number of ether oxygens (including phenoxy) is 1. The molecule has 45 heavy (non-hydrogen) atoms. The lowest BCUT2D eigenvalue weighted by molar-refractivity contribution is -0.117. The lowest BCUT2D eigenvalue weighted by atomic mass is 10.0. The van der Waals surface area contributed by atoms with Gasteiger partial charge < -0.3 is 25.7 Å². The van der Waals surface area contributed by atoms with E-state index >= 15 is 0 Å². The van der Waals surface area contributed by atoms with E-state index in [-0.39, 0.29) is 18.6 Å². The molecule has 1 atom stereocenters. The molecular weight excluding hydrogens is 570 g/mol. The molecule has 7 rings (SSSR count). The minimum atomic E-state index is -0.0781. The van der Waals surface area contributed by atoms with E-state index in [4.69, 9.17) is 9.72 Å². The fourth-order valence-electron chi connectivity index (χ4n) is 5.64. The second-order valence-corrected chi connectivity index (χ2v) is 11.7. The van der Waals surface area contributed by atoms with Crippen molar-refractivity contribution in [1.82, 2.24) is 39.6 Å². The highest BCUT2D eigenvalue weighted by atomic mass is 16.5.